The number of rotatable bonds is 8. The molecule has 1 N–H and O–H groups in total. The molecule has 3 aromatic rings. The van der Waals surface area contributed by atoms with Crippen molar-refractivity contribution >= 4 is 16.5 Å². The first-order valence-electron chi connectivity index (χ1n) is 7.79. The summed E-state index contributed by atoms with van der Waals surface area (Å²) in [5.74, 6) is 1.47. The molecule has 0 aliphatic carbocycles. The molecular weight excluding hydrogens is 338 g/mol. The van der Waals surface area contributed by atoms with Gasteiger partial charge in [-0.3, -0.25) is 4.98 Å². The standard InChI is InChI=1S/C18H19N3O3S/c1-19-18-21-16(17(25-18)24-15-4-3-9-20-12-15)13-5-7-14(8-6-13)23-11-10-22-2/h3-9,12H,10-11H2,1-2H3,(H,19,21). The van der Waals surface area contributed by atoms with Gasteiger partial charge in [-0.15, -0.1) is 0 Å². The van der Waals surface area contributed by atoms with Crippen molar-refractivity contribution < 1.29 is 14.2 Å². The first-order valence-corrected chi connectivity index (χ1v) is 8.60. The van der Waals surface area contributed by atoms with E-state index in [0.29, 0.717) is 24.0 Å². The van der Waals surface area contributed by atoms with E-state index in [4.69, 9.17) is 14.2 Å². The minimum atomic E-state index is 0.520. The summed E-state index contributed by atoms with van der Waals surface area (Å²) < 4.78 is 16.5. The Morgan fingerprint density at radius 1 is 1.08 bits per heavy atom. The van der Waals surface area contributed by atoms with Crippen molar-refractivity contribution in [1.29, 1.82) is 0 Å². The minimum Gasteiger partial charge on any atom is -0.491 e. The Hall–Kier alpha value is -2.64. The van der Waals surface area contributed by atoms with Crippen LogP contribution in [0.5, 0.6) is 16.6 Å². The third-order valence-corrected chi connectivity index (χ3v) is 4.29. The second-order valence-electron chi connectivity index (χ2n) is 5.06. The van der Waals surface area contributed by atoms with Crippen LogP contribution < -0.4 is 14.8 Å². The summed E-state index contributed by atoms with van der Waals surface area (Å²) in [6.45, 7) is 1.08. The number of pyridine rings is 1. The van der Waals surface area contributed by atoms with Crippen molar-refractivity contribution in [2.24, 2.45) is 0 Å². The lowest BCUT2D eigenvalue weighted by atomic mass is 10.1. The van der Waals surface area contributed by atoms with E-state index in [1.54, 1.807) is 19.5 Å². The van der Waals surface area contributed by atoms with Crippen molar-refractivity contribution in [3.05, 3.63) is 48.8 Å². The average molecular weight is 357 g/mol. The van der Waals surface area contributed by atoms with E-state index in [9.17, 15) is 0 Å². The molecule has 1 aromatic carbocycles. The molecule has 2 heterocycles. The van der Waals surface area contributed by atoms with Crippen LogP contribution in [0.1, 0.15) is 0 Å². The number of anilines is 1. The van der Waals surface area contributed by atoms with E-state index in [0.717, 1.165) is 22.1 Å². The predicted octanol–water partition coefficient (Wildman–Crippen LogP) is 4.06. The average Bonchev–Trinajstić information content (AvgIpc) is 3.06. The quantitative estimate of drug-likeness (QED) is 0.613. The summed E-state index contributed by atoms with van der Waals surface area (Å²) in [7, 11) is 3.49. The van der Waals surface area contributed by atoms with E-state index >= 15 is 0 Å². The molecule has 0 amide bonds. The summed E-state index contributed by atoms with van der Waals surface area (Å²) >= 11 is 1.45. The monoisotopic (exact) mass is 357 g/mol. The smallest absolute Gasteiger partial charge is 0.210 e. The van der Waals surface area contributed by atoms with Crippen LogP contribution in [0.25, 0.3) is 11.3 Å². The topological polar surface area (TPSA) is 65.5 Å². The highest BCUT2D eigenvalue weighted by Crippen LogP contribution is 2.40. The van der Waals surface area contributed by atoms with E-state index in [1.807, 2.05) is 43.4 Å². The molecular formula is C18H19N3O3S. The van der Waals surface area contributed by atoms with Gasteiger partial charge in [0.25, 0.3) is 0 Å². The number of nitrogens with one attached hydrogen (secondary N) is 1. The molecule has 6 nitrogen and oxygen atoms in total. The summed E-state index contributed by atoms with van der Waals surface area (Å²) in [5, 5.41) is 4.56. The van der Waals surface area contributed by atoms with E-state index in [1.165, 1.54) is 11.3 Å². The molecule has 0 unspecified atom stereocenters. The van der Waals surface area contributed by atoms with Crippen LogP contribution in [0, 0.1) is 0 Å². The van der Waals surface area contributed by atoms with Crippen LogP contribution >= 0.6 is 11.3 Å². The molecule has 0 bridgehead atoms. The van der Waals surface area contributed by atoms with Gasteiger partial charge < -0.3 is 19.5 Å². The van der Waals surface area contributed by atoms with Crippen LogP contribution in [-0.4, -0.2) is 37.3 Å². The lowest BCUT2D eigenvalue weighted by Gasteiger charge is -2.07. The molecule has 0 atom stereocenters. The maximum atomic E-state index is 5.96. The van der Waals surface area contributed by atoms with Gasteiger partial charge in [0.05, 0.1) is 12.8 Å². The van der Waals surface area contributed by atoms with Crippen LogP contribution in [0.3, 0.4) is 0 Å². The Balaban J connectivity index is 1.82. The maximum Gasteiger partial charge on any atom is 0.210 e. The third kappa shape index (κ3) is 4.46. The molecule has 0 aliphatic heterocycles. The third-order valence-electron chi connectivity index (χ3n) is 3.34. The van der Waals surface area contributed by atoms with Gasteiger partial charge in [-0.25, -0.2) is 4.98 Å². The number of benzene rings is 1. The minimum absolute atomic E-state index is 0.520. The van der Waals surface area contributed by atoms with Gasteiger partial charge in [0.1, 0.15) is 23.8 Å². The summed E-state index contributed by atoms with van der Waals surface area (Å²) in [6, 6.07) is 11.5. The molecule has 3 rings (SSSR count). The Bertz CT molecular complexity index is 791. The van der Waals surface area contributed by atoms with Gasteiger partial charge >= 0.3 is 0 Å². The highest BCUT2D eigenvalue weighted by atomic mass is 32.1. The van der Waals surface area contributed by atoms with Crippen molar-refractivity contribution in [2.45, 2.75) is 0 Å². The Labute approximate surface area is 150 Å². The molecule has 25 heavy (non-hydrogen) atoms. The number of hydrogen-bond donors (Lipinski definition) is 1. The van der Waals surface area contributed by atoms with Gasteiger partial charge in [0, 0.05) is 25.9 Å². The molecule has 0 saturated carbocycles. The molecule has 0 fully saturated rings. The van der Waals surface area contributed by atoms with Crippen LogP contribution in [0.4, 0.5) is 5.13 Å². The SMILES string of the molecule is CNc1nc(-c2ccc(OCCOC)cc2)c(Oc2cccnc2)s1. The fourth-order valence-corrected chi connectivity index (χ4v) is 2.94. The number of methoxy groups -OCH3 is 1. The second kappa shape index (κ2) is 8.46. The molecule has 7 heteroatoms. The van der Waals surface area contributed by atoms with Gasteiger partial charge in [0.2, 0.25) is 5.06 Å². The van der Waals surface area contributed by atoms with Crippen molar-refractivity contribution in [1.82, 2.24) is 9.97 Å². The van der Waals surface area contributed by atoms with Gasteiger partial charge in [0.15, 0.2) is 5.13 Å². The highest BCUT2D eigenvalue weighted by molar-refractivity contribution is 7.17. The van der Waals surface area contributed by atoms with E-state index in [-0.39, 0.29) is 0 Å². The fraction of sp³-hybridized carbons (Fsp3) is 0.222. The summed E-state index contributed by atoms with van der Waals surface area (Å²) in [4.78, 5) is 8.68. The molecule has 0 saturated heterocycles. The number of thiazole rings is 1. The fourth-order valence-electron chi connectivity index (χ4n) is 2.13. The van der Waals surface area contributed by atoms with Gasteiger partial charge in [-0.05, 0) is 36.4 Å². The van der Waals surface area contributed by atoms with E-state index in [2.05, 4.69) is 15.3 Å². The number of nitrogens with zero attached hydrogens (tertiary/aromatic N) is 2. The van der Waals surface area contributed by atoms with Crippen LogP contribution in [0.15, 0.2) is 48.8 Å². The largest absolute Gasteiger partial charge is 0.491 e. The molecule has 0 radical (unpaired) electrons. The number of aromatic nitrogens is 2. The van der Waals surface area contributed by atoms with Crippen LogP contribution in [0.2, 0.25) is 0 Å². The van der Waals surface area contributed by atoms with E-state index < -0.39 is 0 Å². The molecule has 0 spiro atoms. The van der Waals surface area contributed by atoms with Gasteiger partial charge in [-0.2, -0.15) is 0 Å². The zero-order valence-electron chi connectivity index (χ0n) is 14.1. The molecule has 2 aromatic heterocycles. The number of ether oxygens (including phenoxy) is 3. The Morgan fingerprint density at radius 2 is 1.92 bits per heavy atom. The lowest BCUT2D eigenvalue weighted by Crippen LogP contribution is -2.03. The first kappa shape index (κ1) is 17.2. The molecule has 130 valence electrons. The second-order valence-corrected chi connectivity index (χ2v) is 6.02. The normalized spacial score (nSPS) is 10.5. The zero-order chi connectivity index (χ0) is 17.5. The summed E-state index contributed by atoms with van der Waals surface area (Å²) in [5.41, 5.74) is 1.73. The number of hydrogen-bond acceptors (Lipinski definition) is 7. The highest BCUT2D eigenvalue weighted by Gasteiger charge is 2.15. The molecule has 0 aliphatic rings. The van der Waals surface area contributed by atoms with Gasteiger partial charge in [-0.1, -0.05) is 11.3 Å². The lowest BCUT2D eigenvalue weighted by molar-refractivity contribution is 0.146. The predicted molar refractivity (Wildman–Crippen MR) is 98.8 cm³/mol. The van der Waals surface area contributed by atoms with Crippen LogP contribution in [-0.2, 0) is 4.74 Å². The van der Waals surface area contributed by atoms with Crippen molar-refractivity contribution in [3.8, 4) is 27.8 Å². The van der Waals surface area contributed by atoms with Crippen molar-refractivity contribution in [3.63, 3.8) is 0 Å². The van der Waals surface area contributed by atoms with Crippen molar-refractivity contribution in [2.75, 3.05) is 32.7 Å². The summed E-state index contributed by atoms with van der Waals surface area (Å²) in [6.07, 6.45) is 3.39. The Kier molecular flexibility index (Phi) is 5.81. The zero-order valence-corrected chi connectivity index (χ0v) is 14.9. The Morgan fingerprint density at radius 3 is 2.60 bits per heavy atom. The maximum absolute atomic E-state index is 5.96. The first-order chi connectivity index (χ1) is 12.3.